The van der Waals surface area contributed by atoms with Gasteiger partial charge in [-0.1, -0.05) is 44.0 Å². The largest absolute Gasteiger partial charge is 0.496 e. The minimum absolute atomic E-state index is 0.504. The zero-order chi connectivity index (χ0) is 14.7. The average molecular weight is 400 g/mol. The van der Waals surface area contributed by atoms with Crippen LogP contribution < -0.4 is 4.74 Å². The van der Waals surface area contributed by atoms with Crippen LogP contribution in [0.3, 0.4) is 0 Å². The first-order valence-corrected chi connectivity index (χ1v) is 7.86. The van der Waals surface area contributed by atoms with Gasteiger partial charge in [0.05, 0.1) is 13.2 Å². The Bertz CT molecular complexity index is 611. The number of aryl methyl sites for hydroxylation is 1. The Morgan fingerprint density at radius 2 is 1.90 bits per heavy atom. The molecule has 0 spiro atoms. The first-order chi connectivity index (χ1) is 9.51. The SMILES string of the molecule is COc1ccc(Br)cc1CC(O)c1ccc(C)cc1Br. The van der Waals surface area contributed by atoms with E-state index in [2.05, 4.69) is 31.9 Å². The van der Waals surface area contributed by atoms with Gasteiger partial charge in [-0.15, -0.1) is 0 Å². The molecule has 1 N–H and O–H groups in total. The fourth-order valence-electron chi connectivity index (χ4n) is 2.13. The maximum atomic E-state index is 10.5. The number of aliphatic hydroxyl groups excluding tert-OH is 1. The summed E-state index contributed by atoms with van der Waals surface area (Å²) in [4.78, 5) is 0. The summed E-state index contributed by atoms with van der Waals surface area (Å²) < 4.78 is 7.25. The van der Waals surface area contributed by atoms with Crippen LogP contribution in [0, 0.1) is 6.92 Å². The molecule has 2 rings (SSSR count). The molecule has 0 amide bonds. The highest BCUT2D eigenvalue weighted by Crippen LogP contribution is 2.31. The quantitative estimate of drug-likeness (QED) is 0.799. The van der Waals surface area contributed by atoms with Gasteiger partial charge < -0.3 is 9.84 Å². The molecule has 106 valence electrons. The normalized spacial score (nSPS) is 12.2. The Balaban J connectivity index is 2.27. The standard InChI is InChI=1S/C16H16Br2O2/c1-10-3-5-13(14(18)7-10)15(19)9-11-8-12(17)4-6-16(11)20-2/h3-8,15,19H,9H2,1-2H3. The maximum absolute atomic E-state index is 10.5. The lowest BCUT2D eigenvalue weighted by Crippen LogP contribution is -2.04. The highest BCUT2D eigenvalue weighted by molar-refractivity contribution is 9.10. The van der Waals surface area contributed by atoms with Crippen LogP contribution >= 0.6 is 31.9 Å². The molecule has 0 aromatic heterocycles. The van der Waals surface area contributed by atoms with Crippen molar-refractivity contribution in [3.63, 3.8) is 0 Å². The number of ether oxygens (including phenoxy) is 1. The van der Waals surface area contributed by atoms with Gasteiger partial charge in [-0.3, -0.25) is 0 Å². The third kappa shape index (κ3) is 3.62. The Labute approximate surface area is 136 Å². The van der Waals surface area contributed by atoms with Crippen LogP contribution in [0.25, 0.3) is 0 Å². The van der Waals surface area contributed by atoms with Crippen LogP contribution in [0.4, 0.5) is 0 Å². The Morgan fingerprint density at radius 3 is 2.55 bits per heavy atom. The van der Waals surface area contributed by atoms with E-state index in [-0.39, 0.29) is 0 Å². The third-order valence-corrected chi connectivity index (χ3v) is 4.35. The summed E-state index contributed by atoms with van der Waals surface area (Å²) in [6.07, 6.45) is -0.0715. The first kappa shape index (κ1) is 15.5. The fraction of sp³-hybridized carbons (Fsp3) is 0.250. The zero-order valence-electron chi connectivity index (χ0n) is 11.4. The molecule has 0 bridgehead atoms. The minimum atomic E-state index is -0.576. The molecule has 0 fully saturated rings. The number of benzene rings is 2. The van der Waals surface area contributed by atoms with Gasteiger partial charge in [-0.25, -0.2) is 0 Å². The highest BCUT2D eigenvalue weighted by Gasteiger charge is 2.15. The Hall–Kier alpha value is -0.840. The number of halogens is 2. The van der Waals surface area contributed by atoms with Crippen LogP contribution in [-0.4, -0.2) is 12.2 Å². The molecule has 2 aromatic carbocycles. The van der Waals surface area contributed by atoms with Crippen molar-refractivity contribution in [1.82, 2.24) is 0 Å². The number of methoxy groups -OCH3 is 1. The number of hydrogen-bond donors (Lipinski definition) is 1. The first-order valence-electron chi connectivity index (χ1n) is 6.28. The second-order valence-electron chi connectivity index (χ2n) is 4.70. The molecule has 2 nitrogen and oxygen atoms in total. The van der Waals surface area contributed by atoms with Gasteiger partial charge in [0.2, 0.25) is 0 Å². The van der Waals surface area contributed by atoms with Crippen molar-refractivity contribution in [3.05, 3.63) is 62.0 Å². The zero-order valence-corrected chi connectivity index (χ0v) is 14.5. The lowest BCUT2D eigenvalue weighted by atomic mass is 10.00. The van der Waals surface area contributed by atoms with Crippen molar-refractivity contribution in [1.29, 1.82) is 0 Å². The van der Waals surface area contributed by atoms with E-state index in [1.54, 1.807) is 7.11 Å². The van der Waals surface area contributed by atoms with E-state index in [0.717, 1.165) is 31.4 Å². The molecule has 2 aromatic rings. The van der Waals surface area contributed by atoms with Gasteiger partial charge >= 0.3 is 0 Å². The fourth-order valence-corrected chi connectivity index (χ4v) is 3.29. The molecular weight excluding hydrogens is 384 g/mol. The van der Waals surface area contributed by atoms with Gasteiger partial charge in [0.15, 0.2) is 0 Å². The van der Waals surface area contributed by atoms with Gasteiger partial charge in [0.1, 0.15) is 5.75 Å². The van der Waals surface area contributed by atoms with Crippen molar-refractivity contribution >= 4 is 31.9 Å². The van der Waals surface area contributed by atoms with Crippen molar-refractivity contribution in [2.45, 2.75) is 19.4 Å². The van der Waals surface area contributed by atoms with E-state index in [1.807, 2.05) is 43.3 Å². The monoisotopic (exact) mass is 398 g/mol. The van der Waals surface area contributed by atoms with E-state index in [0.29, 0.717) is 6.42 Å². The molecule has 0 radical (unpaired) electrons. The van der Waals surface area contributed by atoms with Crippen LogP contribution in [0.5, 0.6) is 5.75 Å². The summed E-state index contributed by atoms with van der Waals surface area (Å²) in [5.74, 6) is 0.787. The van der Waals surface area contributed by atoms with Crippen molar-refractivity contribution < 1.29 is 9.84 Å². The smallest absolute Gasteiger partial charge is 0.122 e. The molecule has 0 aliphatic heterocycles. The van der Waals surface area contributed by atoms with Crippen LogP contribution in [0.2, 0.25) is 0 Å². The molecule has 1 atom stereocenters. The van der Waals surface area contributed by atoms with Crippen LogP contribution in [0.15, 0.2) is 45.3 Å². The highest BCUT2D eigenvalue weighted by atomic mass is 79.9. The van der Waals surface area contributed by atoms with Crippen molar-refractivity contribution in [2.24, 2.45) is 0 Å². The van der Waals surface area contributed by atoms with Gasteiger partial charge in [-0.2, -0.15) is 0 Å². The van der Waals surface area contributed by atoms with Crippen LogP contribution in [0.1, 0.15) is 22.8 Å². The molecule has 4 heteroatoms. The maximum Gasteiger partial charge on any atom is 0.122 e. The Kier molecular flexibility index (Phi) is 5.24. The second kappa shape index (κ2) is 6.74. The predicted molar refractivity (Wildman–Crippen MR) is 88.2 cm³/mol. The van der Waals surface area contributed by atoms with Crippen molar-refractivity contribution in [2.75, 3.05) is 7.11 Å². The lowest BCUT2D eigenvalue weighted by Gasteiger charge is -2.16. The van der Waals surface area contributed by atoms with E-state index >= 15 is 0 Å². The van der Waals surface area contributed by atoms with Gasteiger partial charge in [0, 0.05) is 15.4 Å². The molecule has 1 unspecified atom stereocenters. The van der Waals surface area contributed by atoms with E-state index in [4.69, 9.17) is 4.74 Å². The third-order valence-electron chi connectivity index (χ3n) is 3.17. The summed E-state index contributed by atoms with van der Waals surface area (Å²) in [5.41, 5.74) is 3.02. The summed E-state index contributed by atoms with van der Waals surface area (Å²) in [7, 11) is 1.64. The van der Waals surface area contributed by atoms with Gasteiger partial charge in [0.25, 0.3) is 0 Å². The number of hydrogen-bond acceptors (Lipinski definition) is 2. The molecule has 0 saturated carbocycles. The van der Waals surface area contributed by atoms with Crippen LogP contribution in [-0.2, 0) is 6.42 Å². The predicted octanol–water partition coefficient (Wildman–Crippen LogP) is 4.80. The molecular formula is C16H16Br2O2. The minimum Gasteiger partial charge on any atom is -0.496 e. The van der Waals surface area contributed by atoms with Gasteiger partial charge in [-0.05, 0) is 47.9 Å². The Morgan fingerprint density at radius 1 is 1.15 bits per heavy atom. The van der Waals surface area contributed by atoms with E-state index in [9.17, 15) is 5.11 Å². The lowest BCUT2D eigenvalue weighted by molar-refractivity contribution is 0.176. The van der Waals surface area contributed by atoms with Crippen molar-refractivity contribution in [3.8, 4) is 5.75 Å². The average Bonchev–Trinajstić information content (AvgIpc) is 2.38. The topological polar surface area (TPSA) is 29.5 Å². The summed E-state index contributed by atoms with van der Waals surface area (Å²) in [6, 6.07) is 11.8. The number of rotatable bonds is 4. The number of aliphatic hydroxyl groups is 1. The summed E-state index contributed by atoms with van der Waals surface area (Å²) >= 11 is 6.96. The summed E-state index contributed by atoms with van der Waals surface area (Å²) in [6.45, 7) is 2.03. The molecule has 20 heavy (non-hydrogen) atoms. The van der Waals surface area contributed by atoms with E-state index in [1.165, 1.54) is 0 Å². The molecule has 0 heterocycles. The van der Waals surface area contributed by atoms with E-state index < -0.39 is 6.10 Å². The molecule has 0 saturated heterocycles. The molecule has 0 aliphatic carbocycles. The second-order valence-corrected chi connectivity index (χ2v) is 6.47. The molecule has 0 aliphatic rings. The summed E-state index contributed by atoms with van der Waals surface area (Å²) in [5, 5.41) is 10.5.